The lowest BCUT2D eigenvalue weighted by Gasteiger charge is -2.33. The van der Waals surface area contributed by atoms with E-state index >= 15 is 0 Å². The molecule has 1 atom stereocenters. The maximum Gasteiger partial charge on any atom is 0.244 e. The van der Waals surface area contributed by atoms with Gasteiger partial charge in [-0.25, -0.2) is 8.42 Å². The third kappa shape index (κ3) is 8.38. The highest BCUT2D eigenvalue weighted by atomic mass is 32.2. The van der Waals surface area contributed by atoms with E-state index in [1.807, 2.05) is 56.3 Å². The van der Waals surface area contributed by atoms with E-state index in [0.29, 0.717) is 24.6 Å². The maximum atomic E-state index is 13.6. The quantitative estimate of drug-likeness (QED) is 0.415. The van der Waals surface area contributed by atoms with Crippen LogP contribution in [-0.2, 0) is 26.2 Å². The van der Waals surface area contributed by atoms with Crippen LogP contribution in [0.25, 0.3) is 0 Å². The van der Waals surface area contributed by atoms with E-state index in [0.717, 1.165) is 34.5 Å². The topological polar surface area (TPSA) is 86.8 Å². The Morgan fingerprint density at radius 2 is 1.60 bits per heavy atom. The number of nitrogens with zero attached hydrogens (tertiary/aromatic N) is 2. The van der Waals surface area contributed by atoms with Crippen LogP contribution in [0, 0.1) is 0 Å². The minimum atomic E-state index is -3.74. The monoisotopic (exact) mass is 501 g/mol. The van der Waals surface area contributed by atoms with E-state index in [-0.39, 0.29) is 19.0 Å². The lowest BCUT2D eigenvalue weighted by atomic mass is 10.0. The van der Waals surface area contributed by atoms with Crippen molar-refractivity contribution >= 4 is 27.5 Å². The smallest absolute Gasteiger partial charge is 0.244 e. The van der Waals surface area contributed by atoms with E-state index < -0.39 is 22.0 Å². The first-order chi connectivity index (χ1) is 16.6. The van der Waals surface area contributed by atoms with Gasteiger partial charge in [-0.05, 0) is 42.0 Å². The fourth-order valence-corrected chi connectivity index (χ4v) is 4.69. The molecule has 2 aromatic rings. The normalized spacial score (nSPS) is 12.3. The van der Waals surface area contributed by atoms with Crippen LogP contribution < -0.4 is 9.62 Å². The first-order valence-corrected chi connectivity index (χ1v) is 14.1. The maximum absolute atomic E-state index is 13.6. The standard InChI is InChI=1S/C27H39N3O4S/c1-6-8-18-28-27(32)25(7-2)29(19-22-12-10-9-11-13-22)26(31)20-30(35(5,33)34)24-16-14-23(15-17-24)21(3)4/h9-17,21,25H,6-8,18-20H2,1-5H3,(H,28,32)/t25-/m1/s1. The zero-order chi connectivity index (χ0) is 26.0. The summed E-state index contributed by atoms with van der Waals surface area (Å²) in [7, 11) is -3.74. The van der Waals surface area contributed by atoms with Crippen LogP contribution >= 0.6 is 0 Å². The summed E-state index contributed by atoms with van der Waals surface area (Å²) in [5, 5.41) is 2.92. The predicted molar refractivity (Wildman–Crippen MR) is 142 cm³/mol. The predicted octanol–water partition coefficient (Wildman–Crippen LogP) is 4.30. The van der Waals surface area contributed by atoms with E-state index in [2.05, 4.69) is 19.2 Å². The first kappa shape index (κ1) is 28.4. The largest absolute Gasteiger partial charge is 0.354 e. The summed E-state index contributed by atoms with van der Waals surface area (Å²) in [6.45, 7) is 8.39. The average molecular weight is 502 g/mol. The molecule has 192 valence electrons. The van der Waals surface area contributed by atoms with Crippen molar-refractivity contribution in [3.8, 4) is 0 Å². The van der Waals surface area contributed by atoms with Crippen LogP contribution in [0.5, 0.6) is 0 Å². The third-order valence-electron chi connectivity index (χ3n) is 5.94. The van der Waals surface area contributed by atoms with Crippen molar-refractivity contribution in [1.82, 2.24) is 10.2 Å². The number of sulfonamides is 1. The number of nitrogens with one attached hydrogen (secondary N) is 1. The second-order valence-electron chi connectivity index (χ2n) is 9.09. The van der Waals surface area contributed by atoms with Crippen LogP contribution in [0.3, 0.4) is 0 Å². The highest BCUT2D eigenvalue weighted by molar-refractivity contribution is 7.92. The Balaban J connectivity index is 2.37. The second kappa shape index (κ2) is 13.3. The molecule has 7 nitrogen and oxygen atoms in total. The Bertz CT molecular complexity index is 1050. The van der Waals surface area contributed by atoms with Gasteiger partial charge in [-0.2, -0.15) is 0 Å². The molecule has 0 aliphatic rings. The number of amides is 2. The first-order valence-electron chi connectivity index (χ1n) is 12.3. The molecule has 1 N–H and O–H groups in total. The summed E-state index contributed by atoms with van der Waals surface area (Å²) < 4.78 is 26.5. The number of carbonyl (C=O) groups excluding carboxylic acids is 2. The number of rotatable bonds is 13. The molecular formula is C27H39N3O4S. The van der Waals surface area contributed by atoms with Crippen LogP contribution in [0.4, 0.5) is 5.69 Å². The van der Waals surface area contributed by atoms with Crippen LogP contribution in [0.15, 0.2) is 54.6 Å². The Kier molecular flexibility index (Phi) is 10.8. The lowest BCUT2D eigenvalue weighted by Crippen LogP contribution is -2.52. The van der Waals surface area contributed by atoms with Crippen molar-refractivity contribution in [2.75, 3.05) is 23.7 Å². The molecule has 0 saturated carbocycles. The van der Waals surface area contributed by atoms with Gasteiger partial charge in [-0.15, -0.1) is 0 Å². The Hall–Kier alpha value is -2.87. The highest BCUT2D eigenvalue weighted by Crippen LogP contribution is 2.23. The molecule has 2 amide bonds. The van der Waals surface area contributed by atoms with Gasteiger partial charge < -0.3 is 10.2 Å². The summed E-state index contributed by atoms with van der Waals surface area (Å²) in [6.07, 6.45) is 3.30. The molecule has 0 saturated heterocycles. The molecule has 0 radical (unpaired) electrons. The molecule has 2 rings (SSSR count). The van der Waals surface area contributed by atoms with Gasteiger partial charge in [-0.1, -0.05) is 76.6 Å². The van der Waals surface area contributed by atoms with Crippen molar-refractivity contribution in [1.29, 1.82) is 0 Å². The Morgan fingerprint density at radius 1 is 0.971 bits per heavy atom. The minimum absolute atomic E-state index is 0.212. The fourth-order valence-electron chi connectivity index (χ4n) is 3.84. The summed E-state index contributed by atoms with van der Waals surface area (Å²) >= 11 is 0. The number of benzene rings is 2. The SMILES string of the molecule is CCCCNC(=O)[C@@H](CC)N(Cc1ccccc1)C(=O)CN(c1ccc(C(C)C)cc1)S(C)(=O)=O. The van der Waals surface area contributed by atoms with E-state index in [4.69, 9.17) is 0 Å². The van der Waals surface area contributed by atoms with Gasteiger partial charge in [0.05, 0.1) is 11.9 Å². The van der Waals surface area contributed by atoms with Gasteiger partial charge in [0.1, 0.15) is 12.6 Å². The molecule has 0 aliphatic carbocycles. The Labute approximate surface area is 210 Å². The van der Waals surface area contributed by atoms with Crippen LogP contribution in [0.1, 0.15) is 64.0 Å². The zero-order valence-electron chi connectivity index (χ0n) is 21.5. The van der Waals surface area contributed by atoms with Gasteiger partial charge in [0.25, 0.3) is 0 Å². The van der Waals surface area contributed by atoms with Crippen molar-refractivity contribution < 1.29 is 18.0 Å². The molecule has 2 aromatic carbocycles. The van der Waals surface area contributed by atoms with E-state index in [1.165, 1.54) is 4.90 Å². The molecule has 0 unspecified atom stereocenters. The van der Waals surface area contributed by atoms with Gasteiger partial charge in [0, 0.05) is 13.1 Å². The van der Waals surface area contributed by atoms with Crippen molar-refractivity contribution in [2.45, 2.75) is 65.5 Å². The van der Waals surface area contributed by atoms with Gasteiger partial charge in [0.15, 0.2) is 0 Å². The molecule has 8 heteroatoms. The lowest BCUT2D eigenvalue weighted by molar-refractivity contribution is -0.140. The third-order valence-corrected chi connectivity index (χ3v) is 7.08. The van der Waals surface area contributed by atoms with Gasteiger partial charge >= 0.3 is 0 Å². The summed E-state index contributed by atoms with van der Waals surface area (Å²) in [4.78, 5) is 28.1. The summed E-state index contributed by atoms with van der Waals surface area (Å²) in [6, 6.07) is 15.9. The number of hydrogen-bond acceptors (Lipinski definition) is 4. The molecule has 0 heterocycles. The minimum Gasteiger partial charge on any atom is -0.354 e. The highest BCUT2D eigenvalue weighted by Gasteiger charge is 2.31. The molecule has 0 fully saturated rings. The molecule has 0 aromatic heterocycles. The van der Waals surface area contributed by atoms with Gasteiger partial charge in [-0.3, -0.25) is 13.9 Å². The molecule has 0 aliphatic heterocycles. The Morgan fingerprint density at radius 3 is 2.11 bits per heavy atom. The second-order valence-corrected chi connectivity index (χ2v) is 11.0. The van der Waals surface area contributed by atoms with Crippen LogP contribution in [-0.4, -0.2) is 50.5 Å². The zero-order valence-corrected chi connectivity index (χ0v) is 22.3. The van der Waals surface area contributed by atoms with Crippen molar-refractivity contribution in [3.63, 3.8) is 0 Å². The molecule has 35 heavy (non-hydrogen) atoms. The summed E-state index contributed by atoms with van der Waals surface area (Å²) in [5.74, 6) is -0.350. The van der Waals surface area contributed by atoms with Gasteiger partial charge in [0.2, 0.25) is 21.8 Å². The number of carbonyl (C=O) groups is 2. The average Bonchev–Trinajstić information content (AvgIpc) is 2.82. The van der Waals surface area contributed by atoms with E-state index in [1.54, 1.807) is 12.1 Å². The molecular weight excluding hydrogens is 462 g/mol. The summed E-state index contributed by atoms with van der Waals surface area (Å²) in [5.41, 5.74) is 2.37. The molecule has 0 bridgehead atoms. The number of unbranched alkanes of at least 4 members (excludes halogenated alkanes) is 1. The molecule has 0 spiro atoms. The fraction of sp³-hybridized carbons (Fsp3) is 0.481. The van der Waals surface area contributed by atoms with Crippen molar-refractivity contribution in [3.05, 3.63) is 65.7 Å². The number of hydrogen-bond donors (Lipinski definition) is 1. The van der Waals surface area contributed by atoms with Crippen molar-refractivity contribution in [2.24, 2.45) is 0 Å². The van der Waals surface area contributed by atoms with E-state index in [9.17, 15) is 18.0 Å². The van der Waals surface area contributed by atoms with Crippen LogP contribution in [0.2, 0.25) is 0 Å². The number of anilines is 1.